The summed E-state index contributed by atoms with van der Waals surface area (Å²) in [5.41, 5.74) is 5.64. The van der Waals surface area contributed by atoms with Crippen LogP contribution in [0.5, 0.6) is 0 Å². The van der Waals surface area contributed by atoms with E-state index in [4.69, 9.17) is 5.73 Å². The number of hydrogen-bond acceptors (Lipinski definition) is 3. The van der Waals surface area contributed by atoms with Crippen molar-refractivity contribution in [2.24, 2.45) is 5.73 Å². The lowest BCUT2D eigenvalue weighted by Gasteiger charge is -2.25. The fraction of sp³-hybridized carbons (Fsp3) is 0.800. The van der Waals surface area contributed by atoms with E-state index in [0.717, 1.165) is 13.1 Å². The van der Waals surface area contributed by atoms with Crippen molar-refractivity contribution in [1.29, 1.82) is 0 Å². The van der Waals surface area contributed by atoms with Gasteiger partial charge >= 0.3 is 0 Å². The third-order valence-electron chi connectivity index (χ3n) is 4.68. The Morgan fingerprint density at radius 1 is 0.957 bits per heavy atom. The number of hydrogen-bond donors (Lipinski definition) is 2. The van der Waals surface area contributed by atoms with E-state index in [1.807, 2.05) is 0 Å². The number of nitrogens with one attached hydrogen (secondary N) is 1. The molecule has 3 nitrogen and oxygen atoms in total. The van der Waals surface area contributed by atoms with Crippen molar-refractivity contribution >= 4 is 0 Å². The Morgan fingerprint density at radius 2 is 1.57 bits per heavy atom. The minimum atomic E-state index is 0.487. The fourth-order valence-corrected chi connectivity index (χ4v) is 3.26. The average molecular weight is 322 g/mol. The van der Waals surface area contributed by atoms with Crippen molar-refractivity contribution in [2.45, 2.75) is 90.1 Å². The van der Waals surface area contributed by atoms with Crippen LogP contribution in [0.3, 0.4) is 0 Å². The first-order chi connectivity index (χ1) is 11.4. The number of allylic oxidation sites excluding steroid dienone is 2. The molecule has 1 heterocycles. The Bertz CT molecular complexity index is 312. The van der Waals surface area contributed by atoms with Crippen LogP contribution in [0, 0.1) is 0 Å². The zero-order valence-corrected chi connectivity index (χ0v) is 15.3. The van der Waals surface area contributed by atoms with Crippen LogP contribution in [-0.2, 0) is 0 Å². The van der Waals surface area contributed by atoms with E-state index in [0.29, 0.717) is 6.17 Å². The predicted molar refractivity (Wildman–Crippen MR) is 102 cm³/mol. The van der Waals surface area contributed by atoms with Gasteiger partial charge in [-0.25, -0.2) is 0 Å². The summed E-state index contributed by atoms with van der Waals surface area (Å²) in [6, 6.07) is 0. The Kier molecular flexibility index (Phi) is 12.8. The minimum absolute atomic E-state index is 0.487. The summed E-state index contributed by atoms with van der Waals surface area (Å²) < 4.78 is 0. The zero-order valence-electron chi connectivity index (χ0n) is 15.3. The van der Waals surface area contributed by atoms with Gasteiger partial charge < -0.3 is 16.0 Å². The molecule has 0 aromatic heterocycles. The molecule has 0 aromatic carbocycles. The molecule has 0 radical (unpaired) electrons. The summed E-state index contributed by atoms with van der Waals surface area (Å²) in [4.78, 5) is 2.33. The van der Waals surface area contributed by atoms with E-state index in [1.54, 1.807) is 0 Å². The van der Waals surface area contributed by atoms with Crippen molar-refractivity contribution in [3.63, 3.8) is 0 Å². The lowest BCUT2D eigenvalue weighted by atomic mass is 10.0. The first-order valence-corrected chi connectivity index (χ1v) is 9.88. The van der Waals surface area contributed by atoms with Gasteiger partial charge in [0.2, 0.25) is 0 Å². The molecule has 0 amide bonds. The fourth-order valence-electron chi connectivity index (χ4n) is 3.26. The average Bonchev–Trinajstić information content (AvgIpc) is 2.99. The Balaban J connectivity index is 1.80. The molecule has 3 heteroatoms. The highest BCUT2D eigenvalue weighted by Gasteiger charge is 2.16. The molecule has 0 saturated heterocycles. The van der Waals surface area contributed by atoms with Crippen molar-refractivity contribution in [3.05, 3.63) is 24.6 Å². The van der Waals surface area contributed by atoms with Gasteiger partial charge in [-0.15, -0.1) is 0 Å². The quantitative estimate of drug-likeness (QED) is 0.333. The van der Waals surface area contributed by atoms with Gasteiger partial charge in [-0.3, -0.25) is 0 Å². The van der Waals surface area contributed by atoms with Crippen LogP contribution in [0.4, 0.5) is 0 Å². The molecule has 0 bridgehead atoms. The van der Waals surface area contributed by atoms with Crippen LogP contribution >= 0.6 is 0 Å². The van der Waals surface area contributed by atoms with Gasteiger partial charge in [-0.1, -0.05) is 63.5 Å². The molecular formula is C20H39N3. The maximum Gasteiger partial charge on any atom is 0.0981 e. The Morgan fingerprint density at radius 3 is 2.17 bits per heavy atom. The second-order valence-electron chi connectivity index (χ2n) is 6.71. The van der Waals surface area contributed by atoms with Gasteiger partial charge in [0, 0.05) is 25.5 Å². The van der Waals surface area contributed by atoms with Crippen LogP contribution in [0.2, 0.25) is 0 Å². The van der Waals surface area contributed by atoms with Gasteiger partial charge in [-0.05, 0) is 32.6 Å². The van der Waals surface area contributed by atoms with E-state index in [2.05, 4.69) is 41.7 Å². The molecule has 1 aliphatic heterocycles. The molecule has 0 saturated carbocycles. The van der Waals surface area contributed by atoms with Crippen LogP contribution < -0.4 is 11.1 Å². The maximum atomic E-state index is 5.64. The summed E-state index contributed by atoms with van der Waals surface area (Å²) in [6.45, 7) is 3.80. The maximum absolute atomic E-state index is 5.64. The lowest BCUT2D eigenvalue weighted by Crippen LogP contribution is -2.37. The minimum Gasteiger partial charge on any atom is -0.370 e. The third-order valence-corrected chi connectivity index (χ3v) is 4.68. The summed E-state index contributed by atoms with van der Waals surface area (Å²) >= 11 is 0. The van der Waals surface area contributed by atoms with E-state index < -0.39 is 0 Å². The summed E-state index contributed by atoms with van der Waals surface area (Å²) in [5.74, 6) is 0. The molecule has 134 valence electrons. The van der Waals surface area contributed by atoms with Crippen LogP contribution in [0.15, 0.2) is 24.6 Å². The van der Waals surface area contributed by atoms with Crippen LogP contribution in [0.25, 0.3) is 0 Å². The van der Waals surface area contributed by atoms with Gasteiger partial charge in [0.05, 0.1) is 6.17 Å². The van der Waals surface area contributed by atoms with E-state index in [9.17, 15) is 0 Å². The molecule has 0 aliphatic carbocycles. The number of nitrogens with zero attached hydrogens (tertiary/aromatic N) is 1. The lowest BCUT2D eigenvalue weighted by molar-refractivity contribution is 0.264. The molecule has 0 spiro atoms. The summed E-state index contributed by atoms with van der Waals surface area (Å²) in [7, 11) is 0. The molecule has 1 atom stereocenters. The predicted octanol–water partition coefficient (Wildman–Crippen LogP) is 4.90. The van der Waals surface area contributed by atoms with E-state index in [1.165, 1.54) is 77.0 Å². The number of rotatable bonds is 15. The first-order valence-electron chi connectivity index (χ1n) is 9.88. The van der Waals surface area contributed by atoms with Crippen LogP contribution in [0.1, 0.15) is 84.0 Å². The second kappa shape index (κ2) is 14.6. The standard InChI is InChI=1S/C20H39N3/c1-2-3-4-5-6-7-8-9-10-11-12-13-14-15-20-22-17-19-23(20)18-16-21/h2-3,17,19-20,22H,4-16,18,21H2,1H3/b3-2+. The zero-order chi connectivity index (χ0) is 16.6. The van der Waals surface area contributed by atoms with E-state index >= 15 is 0 Å². The van der Waals surface area contributed by atoms with Gasteiger partial charge in [0.1, 0.15) is 0 Å². The Labute approximate surface area is 144 Å². The highest BCUT2D eigenvalue weighted by Crippen LogP contribution is 2.15. The van der Waals surface area contributed by atoms with Crippen LogP contribution in [-0.4, -0.2) is 24.2 Å². The van der Waals surface area contributed by atoms with Gasteiger partial charge in [0.15, 0.2) is 0 Å². The van der Waals surface area contributed by atoms with Gasteiger partial charge in [0.25, 0.3) is 0 Å². The largest absolute Gasteiger partial charge is 0.370 e. The smallest absolute Gasteiger partial charge is 0.0981 e. The van der Waals surface area contributed by atoms with E-state index in [-0.39, 0.29) is 0 Å². The molecule has 0 fully saturated rings. The highest BCUT2D eigenvalue weighted by atomic mass is 15.3. The highest BCUT2D eigenvalue weighted by molar-refractivity contribution is 4.94. The number of unbranched alkanes of at least 4 members (excludes halogenated alkanes) is 10. The molecular weight excluding hydrogens is 282 g/mol. The monoisotopic (exact) mass is 321 g/mol. The van der Waals surface area contributed by atoms with Crippen molar-refractivity contribution in [1.82, 2.24) is 10.2 Å². The van der Waals surface area contributed by atoms with Crippen molar-refractivity contribution in [3.8, 4) is 0 Å². The molecule has 3 N–H and O–H groups in total. The summed E-state index contributed by atoms with van der Waals surface area (Å²) in [5, 5.41) is 3.42. The van der Waals surface area contributed by atoms with Crippen molar-refractivity contribution < 1.29 is 0 Å². The SMILES string of the molecule is C/C=C/CCCCCCCCCCCCC1NC=CN1CCN. The first kappa shape index (κ1) is 20.1. The summed E-state index contributed by atoms with van der Waals surface area (Å²) in [6.07, 6.45) is 25.6. The molecule has 1 unspecified atom stereocenters. The third kappa shape index (κ3) is 10.4. The molecule has 1 rings (SSSR count). The van der Waals surface area contributed by atoms with Crippen molar-refractivity contribution in [2.75, 3.05) is 13.1 Å². The second-order valence-corrected chi connectivity index (χ2v) is 6.71. The molecule has 0 aromatic rings. The normalized spacial score (nSPS) is 17.3. The number of nitrogens with two attached hydrogens (primary N) is 1. The molecule has 1 aliphatic rings. The Hall–Kier alpha value is -0.960. The topological polar surface area (TPSA) is 41.3 Å². The molecule has 23 heavy (non-hydrogen) atoms. The van der Waals surface area contributed by atoms with Gasteiger partial charge in [-0.2, -0.15) is 0 Å².